The van der Waals surface area contributed by atoms with Gasteiger partial charge < -0.3 is 4.72 Å². The van der Waals surface area contributed by atoms with Crippen LogP contribution in [-0.4, -0.2) is 4.21 Å². The van der Waals surface area contributed by atoms with E-state index in [2.05, 4.69) is 4.72 Å². The SMILES string of the molecule is CC.CC1=C(C)S(=O)NC=C1. The minimum absolute atomic E-state index is 0.914. The van der Waals surface area contributed by atoms with Crippen LogP contribution in [0.5, 0.6) is 0 Å². The van der Waals surface area contributed by atoms with Gasteiger partial charge in [0.25, 0.3) is 0 Å². The summed E-state index contributed by atoms with van der Waals surface area (Å²) >= 11 is 0. The molecule has 1 unspecified atom stereocenters. The maximum Gasteiger partial charge on any atom is 0.145 e. The van der Waals surface area contributed by atoms with Crippen molar-refractivity contribution < 1.29 is 4.21 Å². The molecule has 0 aromatic rings. The summed E-state index contributed by atoms with van der Waals surface area (Å²) in [5.74, 6) is 0. The molecule has 0 amide bonds. The molecule has 1 rings (SSSR count). The van der Waals surface area contributed by atoms with Crippen molar-refractivity contribution in [3.8, 4) is 0 Å². The number of nitrogens with one attached hydrogen (secondary N) is 1. The van der Waals surface area contributed by atoms with E-state index in [1.807, 2.05) is 33.8 Å². The second kappa shape index (κ2) is 5.13. The molecule has 0 saturated carbocycles. The lowest BCUT2D eigenvalue weighted by atomic mass is 10.3. The topological polar surface area (TPSA) is 29.1 Å². The van der Waals surface area contributed by atoms with Gasteiger partial charge in [-0.15, -0.1) is 0 Å². The zero-order valence-electron chi connectivity index (χ0n) is 7.47. The molecule has 0 spiro atoms. The molecule has 0 aliphatic carbocycles. The Morgan fingerprint density at radius 3 is 2.27 bits per heavy atom. The number of hydrogen-bond donors (Lipinski definition) is 1. The first kappa shape index (κ1) is 10.4. The second-order valence-electron chi connectivity index (χ2n) is 1.96. The Hall–Kier alpha value is -0.570. The lowest BCUT2D eigenvalue weighted by molar-refractivity contribution is 0.682. The van der Waals surface area contributed by atoms with E-state index in [9.17, 15) is 4.21 Å². The molecule has 0 aromatic carbocycles. The van der Waals surface area contributed by atoms with Crippen LogP contribution in [-0.2, 0) is 11.0 Å². The van der Waals surface area contributed by atoms with Gasteiger partial charge in [0.1, 0.15) is 11.0 Å². The van der Waals surface area contributed by atoms with Crippen molar-refractivity contribution in [2.45, 2.75) is 27.7 Å². The van der Waals surface area contributed by atoms with Crippen molar-refractivity contribution in [2.24, 2.45) is 0 Å². The van der Waals surface area contributed by atoms with E-state index in [0.717, 1.165) is 10.5 Å². The van der Waals surface area contributed by atoms with Crippen molar-refractivity contribution in [3.05, 3.63) is 22.8 Å². The van der Waals surface area contributed by atoms with E-state index in [1.165, 1.54) is 0 Å². The predicted molar refractivity (Wildman–Crippen MR) is 50.1 cm³/mol. The maximum atomic E-state index is 10.9. The van der Waals surface area contributed by atoms with Crippen molar-refractivity contribution in [1.82, 2.24) is 4.72 Å². The Kier molecular flexibility index (Phi) is 4.86. The smallest absolute Gasteiger partial charge is 0.145 e. The Labute approximate surface area is 71.0 Å². The quantitative estimate of drug-likeness (QED) is 0.597. The highest BCUT2D eigenvalue weighted by Crippen LogP contribution is 2.10. The molecule has 0 aromatic heterocycles. The Morgan fingerprint density at radius 2 is 1.91 bits per heavy atom. The van der Waals surface area contributed by atoms with Crippen LogP contribution in [0.25, 0.3) is 0 Å². The molecule has 64 valence electrons. The summed E-state index contributed by atoms with van der Waals surface area (Å²) in [7, 11) is -0.972. The van der Waals surface area contributed by atoms with Crippen LogP contribution in [0.3, 0.4) is 0 Å². The van der Waals surface area contributed by atoms with Gasteiger partial charge in [0.05, 0.1) is 0 Å². The zero-order chi connectivity index (χ0) is 8.85. The van der Waals surface area contributed by atoms with Gasteiger partial charge in [0.2, 0.25) is 0 Å². The minimum atomic E-state index is -0.972. The van der Waals surface area contributed by atoms with Gasteiger partial charge in [-0.1, -0.05) is 13.8 Å². The van der Waals surface area contributed by atoms with E-state index in [0.29, 0.717) is 0 Å². The van der Waals surface area contributed by atoms with Crippen molar-refractivity contribution >= 4 is 11.0 Å². The normalized spacial score (nSPS) is 22.0. The molecule has 1 heterocycles. The molecule has 1 aliphatic rings. The second-order valence-corrected chi connectivity index (χ2v) is 3.34. The molecule has 2 nitrogen and oxygen atoms in total. The fraction of sp³-hybridized carbons (Fsp3) is 0.500. The highest BCUT2D eigenvalue weighted by molar-refractivity contribution is 7.87. The summed E-state index contributed by atoms with van der Waals surface area (Å²) < 4.78 is 13.6. The van der Waals surface area contributed by atoms with Gasteiger partial charge in [0.15, 0.2) is 0 Å². The summed E-state index contributed by atoms with van der Waals surface area (Å²) in [5, 5.41) is 0. The first-order valence-corrected chi connectivity index (χ1v) is 4.89. The molecule has 1 atom stereocenters. The highest BCUT2D eigenvalue weighted by atomic mass is 32.2. The van der Waals surface area contributed by atoms with Crippen LogP contribution in [0.2, 0.25) is 0 Å². The third kappa shape index (κ3) is 2.89. The van der Waals surface area contributed by atoms with Crippen LogP contribution in [0.4, 0.5) is 0 Å². The fourth-order valence-electron chi connectivity index (χ4n) is 0.573. The van der Waals surface area contributed by atoms with Crippen LogP contribution in [0.15, 0.2) is 22.8 Å². The lowest BCUT2D eigenvalue weighted by Crippen LogP contribution is -2.14. The first-order valence-electron chi connectivity index (χ1n) is 3.74. The van der Waals surface area contributed by atoms with Gasteiger partial charge in [-0.05, 0) is 25.5 Å². The molecule has 0 saturated heterocycles. The van der Waals surface area contributed by atoms with Crippen molar-refractivity contribution in [2.75, 3.05) is 0 Å². The zero-order valence-corrected chi connectivity index (χ0v) is 8.29. The summed E-state index contributed by atoms with van der Waals surface area (Å²) in [5.41, 5.74) is 1.09. The maximum absolute atomic E-state index is 10.9. The molecular weight excluding hydrogens is 158 g/mol. The van der Waals surface area contributed by atoms with E-state index in [4.69, 9.17) is 0 Å². The van der Waals surface area contributed by atoms with Crippen molar-refractivity contribution in [1.29, 1.82) is 0 Å². The summed E-state index contributed by atoms with van der Waals surface area (Å²) in [4.78, 5) is 0.914. The predicted octanol–water partition coefficient (Wildman–Crippen LogP) is 2.09. The molecule has 0 bridgehead atoms. The van der Waals surface area contributed by atoms with Crippen molar-refractivity contribution in [3.63, 3.8) is 0 Å². The van der Waals surface area contributed by atoms with E-state index in [1.54, 1.807) is 6.20 Å². The lowest BCUT2D eigenvalue weighted by Gasteiger charge is -2.08. The summed E-state index contributed by atoms with van der Waals surface area (Å²) in [6.45, 7) is 7.81. The van der Waals surface area contributed by atoms with Crippen LogP contribution >= 0.6 is 0 Å². The van der Waals surface area contributed by atoms with E-state index >= 15 is 0 Å². The molecule has 11 heavy (non-hydrogen) atoms. The monoisotopic (exact) mass is 173 g/mol. The highest BCUT2D eigenvalue weighted by Gasteiger charge is 2.05. The largest absolute Gasteiger partial charge is 0.308 e. The Bertz CT molecular complexity index is 206. The van der Waals surface area contributed by atoms with Gasteiger partial charge in [-0.3, -0.25) is 0 Å². The van der Waals surface area contributed by atoms with Crippen LogP contribution < -0.4 is 4.72 Å². The number of rotatable bonds is 0. The van der Waals surface area contributed by atoms with E-state index in [-0.39, 0.29) is 0 Å². The molecular formula is C8H15NOS. The molecule has 1 aliphatic heterocycles. The third-order valence-electron chi connectivity index (χ3n) is 1.34. The minimum Gasteiger partial charge on any atom is -0.308 e. The van der Waals surface area contributed by atoms with Gasteiger partial charge in [-0.2, -0.15) is 0 Å². The average molecular weight is 173 g/mol. The van der Waals surface area contributed by atoms with Gasteiger partial charge in [0, 0.05) is 11.1 Å². The average Bonchev–Trinajstić information content (AvgIpc) is 2.04. The Balaban J connectivity index is 0.000000461. The summed E-state index contributed by atoms with van der Waals surface area (Å²) in [6, 6.07) is 0. The molecule has 3 heteroatoms. The standard InChI is InChI=1S/C6H9NOS.C2H6/c1-5-3-4-7-9(8)6(5)2;1-2/h3-4,7H,1-2H3;1-2H3. The first-order chi connectivity index (χ1) is 5.22. The summed E-state index contributed by atoms with van der Waals surface area (Å²) in [6.07, 6.45) is 3.62. The van der Waals surface area contributed by atoms with Gasteiger partial charge >= 0.3 is 0 Å². The van der Waals surface area contributed by atoms with Crippen LogP contribution in [0, 0.1) is 0 Å². The number of hydrogen-bond acceptors (Lipinski definition) is 1. The molecule has 1 N–H and O–H groups in total. The third-order valence-corrected chi connectivity index (χ3v) is 2.57. The van der Waals surface area contributed by atoms with Crippen LogP contribution in [0.1, 0.15) is 27.7 Å². The van der Waals surface area contributed by atoms with Gasteiger partial charge in [-0.25, -0.2) is 4.21 Å². The van der Waals surface area contributed by atoms with E-state index < -0.39 is 11.0 Å². The Morgan fingerprint density at radius 1 is 1.36 bits per heavy atom. The fourth-order valence-corrected chi connectivity index (χ4v) is 1.30. The molecule has 0 radical (unpaired) electrons. The number of allylic oxidation sites excluding steroid dienone is 3. The molecule has 0 fully saturated rings.